The Morgan fingerprint density at radius 1 is 1.32 bits per heavy atom. The van der Waals surface area contributed by atoms with Crippen molar-refractivity contribution in [2.24, 2.45) is 0 Å². The van der Waals surface area contributed by atoms with E-state index in [1.54, 1.807) is 23.0 Å². The topological polar surface area (TPSA) is 75.2 Å². The largest absolute Gasteiger partial charge is 0.476 e. The van der Waals surface area contributed by atoms with Crippen LogP contribution in [0.15, 0.2) is 24.5 Å². The van der Waals surface area contributed by atoms with E-state index in [-0.39, 0.29) is 0 Å². The third kappa shape index (κ3) is 3.37. The Morgan fingerprint density at radius 2 is 2.16 bits per heavy atom. The highest BCUT2D eigenvalue weighted by molar-refractivity contribution is 5.49. The van der Waals surface area contributed by atoms with Crippen LogP contribution in [0.3, 0.4) is 0 Å². The lowest BCUT2D eigenvalue weighted by Crippen LogP contribution is -2.02. The third-order valence-electron chi connectivity index (χ3n) is 2.46. The molecule has 0 saturated carbocycles. The summed E-state index contributed by atoms with van der Waals surface area (Å²) in [5, 5.41) is 4.13. The van der Waals surface area contributed by atoms with Gasteiger partial charge in [0.05, 0.1) is 24.7 Å². The molecule has 0 radical (unpaired) electrons. The molecule has 0 fully saturated rings. The molecule has 2 heterocycles. The second-order valence-electron chi connectivity index (χ2n) is 4.03. The lowest BCUT2D eigenvalue weighted by molar-refractivity contribution is 0.302. The van der Waals surface area contributed by atoms with E-state index in [4.69, 9.17) is 15.2 Å². The van der Waals surface area contributed by atoms with Crippen LogP contribution in [0.2, 0.25) is 0 Å². The molecule has 0 unspecified atom stereocenters. The summed E-state index contributed by atoms with van der Waals surface area (Å²) < 4.78 is 12.8. The van der Waals surface area contributed by atoms with Gasteiger partial charge in [-0.2, -0.15) is 10.1 Å². The number of nitrogens with two attached hydrogens (primary N) is 1. The molecule has 6 nitrogen and oxygen atoms in total. The first kappa shape index (κ1) is 13.2. The minimum atomic E-state index is 0.405. The predicted octanol–water partition coefficient (Wildman–Crippen LogP) is 2.46. The molecule has 2 aromatic heterocycles. The number of aryl methyl sites for hydroxylation is 1. The molecule has 0 amide bonds. The van der Waals surface area contributed by atoms with E-state index in [9.17, 15) is 0 Å². The molecule has 0 saturated heterocycles. The van der Waals surface area contributed by atoms with Crippen LogP contribution >= 0.6 is 0 Å². The van der Waals surface area contributed by atoms with Crippen molar-refractivity contribution in [1.82, 2.24) is 14.8 Å². The maximum atomic E-state index is 5.79. The molecule has 2 aromatic rings. The summed E-state index contributed by atoms with van der Waals surface area (Å²) in [6, 6.07) is 3.43. The lowest BCUT2D eigenvalue weighted by atomic mass is 10.4. The van der Waals surface area contributed by atoms with Crippen molar-refractivity contribution in [3.05, 3.63) is 24.5 Å². The maximum Gasteiger partial charge on any atom is 0.240 e. The van der Waals surface area contributed by atoms with Crippen molar-refractivity contribution in [2.45, 2.75) is 26.8 Å². The third-order valence-corrected chi connectivity index (χ3v) is 2.46. The van der Waals surface area contributed by atoms with Gasteiger partial charge in [-0.05, 0) is 19.4 Å². The summed E-state index contributed by atoms with van der Waals surface area (Å²) >= 11 is 0. The second kappa shape index (κ2) is 6.08. The number of hydrogen-bond donors (Lipinski definition) is 1. The first-order chi connectivity index (χ1) is 9.22. The SMILES string of the molecule is CCCOc1nc(Oc2cnn(CC)c2)ccc1N. The zero-order valence-corrected chi connectivity index (χ0v) is 11.2. The molecular formula is C13H18N4O2. The van der Waals surface area contributed by atoms with Gasteiger partial charge < -0.3 is 15.2 Å². The first-order valence-corrected chi connectivity index (χ1v) is 6.32. The number of ether oxygens (including phenoxy) is 2. The van der Waals surface area contributed by atoms with Gasteiger partial charge >= 0.3 is 0 Å². The number of pyridine rings is 1. The van der Waals surface area contributed by atoms with Crippen LogP contribution in [-0.2, 0) is 6.54 Å². The van der Waals surface area contributed by atoms with E-state index in [2.05, 4.69) is 10.1 Å². The number of hydrogen-bond acceptors (Lipinski definition) is 5. The highest BCUT2D eigenvalue weighted by atomic mass is 16.5. The molecule has 0 bridgehead atoms. The van der Waals surface area contributed by atoms with E-state index in [0.29, 0.717) is 29.8 Å². The zero-order valence-electron chi connectivity index (χ0n) is 11.2. The number of rotatable bonds is 6. The maximum absolute atomic E-state index is 5.79. The Hall–Kier alpha value is -2.24. The van der Waals surface area contributed by atoms with Gasteiger partial charge in [-0.15, -0.1) is 0 Å². The normalized spacial score (nSPS) is 10.4. The van der Waals surface area contributed by atoms with Gasteiger partial charge in [0, 0.05) is 12.6 Å². The van der Waals surface area contributed by atoms with Gasteiger partial charge in [-0.3, -0.25) is 4.68 Å². The van der Waals surface area contributed by atoms with E-state index in [0.717, 1.165) is 13.0 Å². The van der Waals surface area contributed by atoms with E-state index in [1.807, 2.05) is 20.0 Å². The van der Waals surface area contributed by atoms with Crippen molar-refractivity contribution in [2.75, 3.05) is 12.3 Å². The predicted molar refractivity (Wildman–Crippen MR) is 72.4 cm³/mol. The van der Waals surface area contributed by atoms with Gasteiger partial charge in [0.2, 0.25) is 11.8 Å². The van der Waals surface area contributed by atoms with Crippen molar-refractivity contribution in [1.29, 1.82) is 0 Å². The smallest absolute Gasteiger partial charge is 0.240 e. The fourth-order valence-corrected chi connectivity index (χ4v) is 1.50. The van der Waals surface area contributed by atoms with Gasteiger partial charge in [-0.1, -0.05) is 6.92 Å². The van der Waals surface area contributed by atoms with Crippen LogP contribution in [0.4, 0.5) is 5.69 Å². The van der Waals surface area contributed by atoms with Crippen LogP contribution in [-0.4, -0.2) is 21.4 Å². The number of nitrogens with zero attached hydrogens (tertiary/aromatic N) is 3. The zero-order chi connectivity index (χ0) is 13.7. The Labute approximate surface area is 112 Å². The fraction of sp³-hybridized carbons (Fsp3) is 0.385. The summed E-state index contributed by atoms with van der Waals surface area (Å²) in [5.74, 6) is 1.48. The molecule has 0 atom stereocenters. The average Bonchev–Trinajstić information content (AvgIpc) is 2.87. The summed E-state index contributed by atoms with van der Waals surface area (Å²) in [6.07, 6.45) is 4.36. The van der Waals surface area contributed by atoms with Crippen molar-refractivity contribution < 1.29 is 9.47 Å². The van der Waals surface area contributed by atoms with Crippen LogP contribution in [0.1, 0.15) is 20.3 Å². The van der Waals surface area contributed by atoms with Crippen LogP contribution in [0.5, 0.6) is 17.5 Å². The molecular weight excluding hydrogens is 244 g/mol. The second-order valence-corrected chi connectivity index (χ2v) is 4.03. The molecule has 2 rings (SSSR count). The lowest BCUT2D eigenvalue weighted by Gasteiger charge is -2.08. The molecule has 0 aromatic carbocycles. The molecule has 2 N–H and O–H groups in total. The van der Waals surface area contributed by atoms with Crippen LogP contribution < -0.4 is 15.2 Å². The van der Waals surface area contributed by atoms with Gasteiger partial charge in [0.1, 0.15) is 0 Å². The Kier molecular flexibility index (Phi) is 4.22. The highest BCUT2D eigenvalue weighted by Crippen LogP contribution is 2.25. The molecule has 0 aliphatic heterocycles. The monoisotopic (exact) mass is 262 g/mol. The highest BCUT2D eigenvalue weighted by Gasteiger charge is 2.07. The number of aromatic nitrogens is 3. The summed E-state index contributed by atoms with van der Waals surface area (Å²) in [4.78, 5) is 4.23. The molecule has 102 valence electrons. The Bertz CT molecular complexity index is 539. The summed E-state index contributed by atoms with van der Waals surface area (Å²) in [6.45, 7) is 5.41. The molecule has 6 heteroatoms. The van der Waals surface area contributed by atoms with Gasteiger partial charge in [0.15, 0.2) is 5.75 Å². The van der Waals surface area contributed by atoms with Crippen molar-refractivity contribution in [3.8, 4) is 17.5 Å². The summed E-state index contributed by atoms with van der Waals surface area (Å²) in [5.41, 5.74) is 6.29. The molecule has 0 aliphatic carbocycles. The fourth-order valence-electron chi connectivity index (χ4n) is 1.50. The first-order valence-electron chi connectivity index (χ1n) is 6.32. The number of anilines is 1. The minimum absolute atomic E-state index is 0.405. The Balaban J connectivity index is 2.11. The molecule has 0 spiro atoms. The Morgan fingerprint density at radius 3 is 2.84 bits per heavy atom. The minimum Gasteiger partial charge on any atom is -0.476 e. The van der Waals surface area contributed by atoms with E-state index >= 15 is 0 Å². The van der Waals surface area contributed by atoms with Gasteiger partial charge in [-0.25, -0.2) is 0 Å². The molecule has 0 aliphatic rings. The quantitative estimate of drug-likeness (QED) is 0.865. The van der Waals surface area contributed by atoms with Crippen molar-refractivity contribution >= 4 is 5.69 Å². The standard InChI is InChI=1S/C13H18N4O2/c1-3-7-18-13-11(14)5-6-12(16-13)19-10-8-15-17(4-2)9-10/h5-6,8-9H,3-4,7,14H2,1-2H3. The average molecular weight is 262 g/mol. The van der Waals surface area contributed by atoms with Crippen LogP contribution in [0, 0.1) is 0 Å². The van der Waals surface area contributed by atoms with E-state index < -0.39 is 0 Å². The van der Waals surface area contributed by atoms with Gasteiger partial charge in [0.25, 0.3) is 0 Å². The van der Waals surface area contributed by atoms with Crippen LogP contribution in [0.25, 0.3) is 0 Å². The van der Waals surface area contributed by atoms with Crippen molar-refractivity contribution in [3.63, 3.8) is 0 Å². The molecule has 19 heavy (non-hydrogen) atoms. The number of nitrogen functional groups attached to an aromatic ring is 1. The van der Waals surface area contributed by atoms with E-state index in [1.165, 1.54) is 0 Å². The summed E-state index contributed by atoms with van der Waals surface area (Å²) in [7, 11) is 0.